The summed E-state index contributed by atoms with van der Waals surface area (Å²) >= 11 is 0. The number of amides is 1. The van der Waals surface area contributed by atoms with Crippen molar-refractivity contribution in [1.82, 2.24) is 10.6 Å². The Bertz CT molecular complexity index is 781. The van der Waals surface area contributed by atoms with Gasteiger partial charge in [-0.1, -0.05) is 12.8 Å². The Hall–Kier alpha value is -2.77. The summed E-state index contributed by atoms with van der Waals surface area (Å²) in [5.74, 6) is 7.62. The van der Waals surface area contributed by atoms with Crippen molar-refractivity contribution in [3.63, 3.8) is 0 Å². The smallest absolute Gasteiger partial charge is 0.251 e. The van der Waals surface area contributed by atoms with Crippen LogP contribution in [0.15, 0.2) is 42.5 Å². The number of anilines is 1. The number of carbonyl (C=O) groups is 1. The van der Waals surface area contributed by atoms with Crippen LogP contribution in [0.25, 0.3) is 0 Å². The van der Waals surface area contributed by atoms with Crippen molar-refractivity contribution in [3.05, 3.63) is 53.6 Å². The van der Waals surface area contributed by atoms with Gasteiger partial charge in [0.05, 0.1) is 26.5 Å². The topological polar surface area (TPSA) is 88.9 Å². The minimum atomic E-state index is -0.0582. The van der Waals surface area contributed by atoms with E-state index >= 15 is 0 Å². The van der Waals surface area contributed by atoms with Crippen LogP contribution < -0.4 is 31.0 Å². The van der Waals surface area contributed by atoms with E-state index in [1.54, 1.807) is 31.4 Å². The van der Waals surface area contributed by atoms with Gasteiger partial charge in [0.15, 0.2) is 0 Å². The van der Waals surface area contributed by atoms with E-state index in [4.69, 9.17) is 15.3 Å². The fourth-order valence-electron chi connectivity index (χ4n) is 3.15. The van der Waals surface area contributed by atoms with Gasteiger partial charge >= 0.3 is 0 Å². The first-order valence-corrected chi connectivity index (χ1v) is 10.3. The molecule has 2 aromatic carbocycles. The minimum Gasteiger partial charge on any atom is -0.497 e. The molecule has 1 amide bonds. The zero-order chi connectivity index (χ0) is 21.8. The Labute approximate surface area is 179 Å². The average Bonchev–Trinajstić information content (AvgIpc) is 2.78. The Kier molecular flexibility index (Phi) is 9.97. The van der Waals surface area contributed by atoms with E-state index < -0.39 is 0 Å². The first-order chi connectivity index (χ1) is 14.6. The highest BCUT2D eigenvalue weighted by Crippen LogP contribution is 2.26. The van der Waals surface area contributed by atoms with Crippen molar-refractivity contribution >= 4 is 11.6 Å². The van der Waals surface area contributed by atoms with Gasteiger partial charge in [-0.2, -0.15) is 0 Å². The summed E-state index contributed by atoms with van der Waals surface area (Å²) in [6, 6.07) is 12.9. The van der Waals surface area contributed by atoms with Crippen LogP contribution in [0.4, 0.5) is 5.69 Å². The molecular formula is C23H34N4O3. The number of rotatable bonds is 13. The Balaban J connectivity index is 1.85. The highest BCUT2D eigenvalue weighted by molar-refractivity contribution is 5.94. The van der Waals surface area contributed by atoms with Crippen LogP contribution in [0.2, 0.25) is 0 Å². The van der Waals surface area contributed by atoms with Crippen molar-refractivity contribution in [3.8, 4) is 11.5 Å². The summed E-state index contributed by atoms with van der Waals surface area (Å²) in [4.78, 5) is 12.3. The lowest BCUT2D eigenvalue weighted by atomic mass is 10.1. The predicted molar refractivity (Wildman–Crippen MR) is 121 cm³/mol. The van der Waals surface area contributed by atoms with E-state index in [1.807, 2.05) is 37.4 Å². The maximum Gasteiger partial charge on any atom is 0.251 e. The molecule has 164 valence electrons. The molecule has 7 heteroatoms. The van der Waals surface area contributed by atoms with Crippen molar-refractivity contribution in [2.24, 2.45) is 5.84 Å². The van der Waals surface area contributed by atoms with E-state index in [0.717, 1.165) is 36.4 Å². The molecule has 0 fully saturated rings. The standard InChI is InChI=1S/C23H34N4O3/c1-25-14-6-4-5-7-15-26-23(28)18-8-11-20(12-9-18)27(24)17-19-10-13-21(29-2)16-22(19)30-3/h8-13,16,25H,4-7,14-15,17,24H2,1-3H3,(H,26,28). The van der Waals surface area contributed by atoms with E-state index in [9.17, 15) is 4.79 Å². The Morgan fingerprint density at radius 2 is 1.67 bits per heavy atom. The third-order valence-electron chi connectivity index (χ3n) is 4.94. The number of benzene rings is 2. The van der Waals surface area contributed by atoms with Crippen molar-refractivity contribution in [1.29, 1.82) is 0 Å². The molecule has 7 nitrogen and oxygen atoms in total. The second-order valence-corrected chi connectivity index (χ2v) is 7.13. The molecule has 30 heavy (non-hydrogen) atoms. The quantitative estimate of drug-likeness (QED) is 0.265. The van der Waals surface area contributed by atoms with Gasteiger partial charge in [-0.3, -0.25) is 4.79 Å². The zero-order valence-corrected chi connectivity index (χ0v) is 18.2. The molecule has 2 rings (SSSR count). The number of hydrogen-bond donors (Lipinski definition) is 3. The van der Waals surface area contributed by atoms with E-state index in [0.29, 0.717) is 24.4 Å². The normalized spacial score (nSPS) is 10.5. The Morgan fingerprint density at radius 1 is 0.967 bits per heavy atom. The number of unbranched alkanes of at least 4 members (excludes halogenated alkanes) is 3. The van der Waals surface area contributed by atoms with Crippen LogP contribution in [0.5, 0.6) is 11.5 Å². The lowest BCUT2D eigenvalue weighted by molar-refractivity contribution is 0.0953. The average molecular weight is 415 g/mol. The molecule has 0 saturated carbocycles. The van der Waals surface area contributed by atoms with Gasteiger partial charge in [0.1, 0.15) is 11.5 Å². The minimum absolute atomic E-state index is 0.0582. The van der Waals surface area contributed by atoms with Crippen LogP contribution in [-0.2, 0) is 6.54 Å². The van der Waals surface area contributed by atoms with Crippen LogP contribution >= 0.6 is 0 Å². The number of nitrogens with two attached hydrogens (primary N) is 1. The molecule has 0 aliphatic carbocycles. The Morgan fingerprint density at radius 3 is 2.30 bits per heavy atom. The molecule has 0 heterocycles. The molecule has 0 spiro atoms. The van der Waals surface area contributed by atoms with Gasteiger partial charge in [0, 0.05) is 23.7 Å². The van der Waals surface area contributed by atoms with Gasteiger partial charge in [0.2, 0.25) is 0 Å². The molecule has 0 saturated heterocycles. The number of ether oxygens (including phenoxy) is 2. The van der Waals surface area contributed by atoms with Crippen LogP contribution in [-0.4, -0.2) is 40.3 Å². The second kappa shape index (κ2) is 12.7. The SMILES string of the molecule is CNCCCCCCNC(=O)c1ccc(N(N)Cc2ccc(OC)cc2OC)cc1. The lowest BCUT2D eigenvalue weighted by Crippen LogP contribution is -2.30. The zero-order valence-electron chi connectivity index (χ0n) is 18.2. The van der Waals surface area contributed by atoms with E-state index in [1.165, 1.54) is 12.8 Å². The van der Waals surface area contributed by atoms with Crippen molar-refractivity contribution < 1.29 is 14.3 Å². The molecule has 0 aliphatic heterocycles. The summed E-state index contributed by atoms with van der Waals surface area (Å²) in [5.41, 5.74) is 2.38. The highest BCUT2D eigenvalue weighted by Gasteiger charge is 2.11. The largest absolute Gasteiger partial charge is 0.497 e. The maximum atomic E-state index is 12.3. The fraction of sp³-hybridized carbons (Fsp3) is 0.435. The number of nitrogens with one attached hydrogen (secondary N) is 2. The summed E-state index contributed by atoms with van der Waals surface area (Å²) in [6.07, 6.45) is 4.46. The molecule has 0 aliphatic rings. The molecule has 2 aromatic rings. The molecule has 0 bridgehead atoms. The van der Waals surface area contributed by atoms with Gasteiger partial charge in [-0.15, -0.1) is 0 Å². The molecule has 0 radical (unpaired) electrons. The number of hydrogen-bond acceptors (Lipinski definition) is 6. The summed E-state index contributed by atoms with van der Waals surface area (Å²) in [5, 5.41) is 7.74. The maximum absolute atomic E-state index is 12.3. The third-order valence-corrected chi connectivity index (χ3v) is 4.94. The van der Waals surface area contributed by atoms with Crippen LogP contribution in [0.1, 0.15) is 41.6 Å². The monoisotopic (exact) mass is 414 g/mol. The van der Waals surface area contributed by atoms with Gasteiger partial charge in [-0.25, -0.2) is 5.84 Å². The second-order valence-electron chi connectivity index (χ2n) is 7.13. The highest BCUT2D eigenvalue weighted by atomic mass is 16.5. The first kappa shape index (κ1) is 23.5. The summed E-state index contributed by atoms with van der Waals surface area (Å²) < 4.78 is 10.7. The molecule has 4 N–H and O–H groups in total. The lowest BCUT2D eigenvalue weighted by Gasteiger charge is -2.20. The van der Waals surface area contributed by atoms with Crippen molar-refractivity contribution in [2.45, 2.75) is 32.2 Å². The molecule has 0 aromatic heterocycles. The first-order valence-electron chi connectivity index (χ1n) is 10.3. The van der Waals surface area contributed by atoms with Crippen molar-refractivity contribution in [2.75, 3.05) is 39.4 Å². The van der Waals surface area contributed by atoms with Crippen LogP contribution in [0, 0.1) is 0 Å². The number of carbonyl (C=O) groups excluding carboxylic acids is 1. The molecular weight excluding hydrogens is 380 g/mol. The van der Waals surface area contributed by atoms with Crippen LogP contribution in [0.3, 0.4) is 0 Å². The van der Waals surface area contributed by atoms with Gasteiger partial charge < -0.3 is 25.1 Å². The van der Waals surface area contributed by atoms with E-state index in [-0.39, 0.29) is 5.91 Å². The summed E-state index contributed by atoms with van der Waals surface area (Å²) in [7, 11) is 5.20. The number of methoxy groups -OCH3 is 2. The number of hydrazine groups is 1. The molecule has 0 atom stereocenters. The fourth-order valence-corrected chi connectivity index (χ4v) is 3.15. The van der Waals surface area contributed by atoms with E-state index in [2.05, 4.69) is 10.6 Å². The third kappa shape index (κ3) is 7.24. The van der Waals surface area contributed by atoms with Gasteiger partial charge in [-0.05, 0) is 62.8 Å². The molecule has 0 unspecified atom stereocenters. The summed E-state index contributed by atoms with van der Waals surface area (Å²) in [6.45, 7) is 2.20. The predicted octanol–water partition coefficient (Wildman–Crippen LogP) is 3.09. The van der Waals surface area contributed by atoms with Gasteiger partial charge in [0.25, 0.3) is 5.91 Å². The number of nitrogens with zero attached hydrogens (tertiary/aromatic N) is 1.